The number of phenolic OH excluding ortho intramolecular Hbond substituents is 1. The smallest absolute Gasteiger partial charge is 0.279 e. The lowest BCUT2D eigenvalue weighted by Crippen LogP contribution is -2.43. The average molecular weight is 477 g/mol. The minimum Gasteiger partial charge on any atom is -0.505 e. The van der Waals surface area contributed by atoms with Gasteiger partial charge in [0.25, 0.3) is 17.7 Å². The molecule has 0 unspecified atom stereocenters. The quantitative estimate of drug-likeness (QED) is 0.341. The summed E-state index contributed by atoms with van der Waals surface area (Å²) in [5, 5.41) is 19.5. The summed E-state index contributed by atoms with van der Waals surface area (Å²) in [6, 6.07) is 14.1. The molecule has 2 aliphatic rings. The second-order valence-electron chi connectivity index (χ2n) is 8.94. The molecule has 4 rings (SSSR count). The molecule has 8 nitrogen and oxygen atoms in total. The van der Waals surface area contributed by atoms with Crippen LogP contribution in [0.1, 0.15) is 67.4 Å². The van der Waals surface area contributed by atoms with Gasteiger partial charge < -0.3 is 21.1 Å². The minimum absolute atomic E-state index is 0.0734. The second-order valence-corrected chi connectivity index (χ2v) is 8.94. The number of rotatable bonds is 8. The van der Waals surface area contributed by atoms with Crippen LogP contribution in [0.2, 0.25) is 0 Å². The fourth-order valence-electron chi connectivity index (χ4n) is 4.85. The molecule has 1 atom stereocenters. The maximum absolute atomic E-state index is 13.6. The molecule has 8 heteroatoms. The fourth-order valence-corrected chi connectivity index (χ4v) is 4.85. The summed E-state index contributed by atoms with van der Waals surface area (Å²) in [5.41, 5.74) is 1.52. The normalized spacial score (nSPS) is 17.5. The van der Waals surface area contributed by atoms with E-state index in [0.29, 0.717) is 6.42 Å². The lowest BCUT2D eigenvalue weighted by Gasteiger charge is -2.30. The molecule has 3 amide bonds. The summed E-state index contributed by atoms with van der Waals surface area (Å²) in [6.45, 7) is 2.01. The van der Waals surface area contributed by atoms with Gasteiger partial charge in [-0.05, 0) is 37.0 Å². The van der Waals surface area contributed by atoms with Crippen molar-refractivity contribution in [1.29, 1.82) is 0 Å². The van der Waals surface area contributed by atoms with Gasteiger partial charge in [0, 0.05) is 13.1 Å². The molecule has 1 fully saturated rings. The van der Waals surface area contributed by atoms with Gasteiger partial charge in [-0.3, -0.25) is 19.3 Å². The van der Waals surface area contributed by atoms with Crippen LogP contribution in [0.15, 0.2) is 59.9 Å². The molecule has 1 aliphatic heterocycles. The molecule has 0 saturated heterocycles. The number of nitrogens with one attached hydrogen (secondary N) is 3. The van der Waals surface area contributed by atoms with E-state index in [0.717, 1.165) is 37.7 Å². The van der Waals surface area contributed by atoms with Crippen LogP contribution in [0.25, 0.3) is 0 Å². The largest absolute Gasteiger partial charge is 0.505 e. The third kappa shape index (κ3) is 4.87. The molecule has 1 heterocycles. The van der Waals surface area contributed by atoms with Gasteiger partial charge in [0.2, 0.25) is 0 Å². The van der Waals surface area contributed by atoms with E-state index < -0.39 is 11.8 Å². The molecule has 1 aliphatic carbocycles. The number of amides is 3. The van der Waals surface area contributed by atoms with Gasteiger partial charge in [0.1, 0.15) is 11.4 Å². The Hall–Kier alpha value is -3.81. The van der Waals surface area contributed by atoms with Crippen LogP contribution in [0, 0.1) is 0 Å². The Balaban J connectivity index is 1.72. The maximum atomic E-state index is 13.6. The molecule has 0 aromatic heterocycles. The summed E-state index contributed by atoms with van der Waals surface area (Å²) in [7, 11) is 1.47. The first kappa shape index (κ1) is 24.3. The highest BCUT2D eigenvalue weighted by Gasteiger charge is 2.43. The van der Waals surface area contributed by atoms with E-state index in [1.807, 2.05) is 37.3 Å². The van der Waals surface area contributed by atoms with E-state index >= 15 is 0 Å². The van der Waals surface area contributed by atoms with Crippen molar-refractivity contribution in [2.75, 3.05) is 12.4 Å². The Labute approximate surface area is 205 Å². The molecule has 0 bridgehead atoms. The number of carbonyl (C=O) groups is 3. The number of anilines is 1. The van der Waals surface area contributed by atoms with Gasteiger partial charge in [0.05, 0.1) is 17.3 Å². The molecule has 184 valence electrons. The second kappa shape index (κ2) is 10.6. The third-order valence-electron chi connectivity index (χ3n) is 6.75. The van der Waals surface area contributed by atoms with E-state index in [2.05, 4.69) is 16.0 Å². The first-order chi connectivity index (χ1) is 17.0. The zero-order chi connectivity index (χ0) is 24.9. The van der Waals surface area contributed by atoms with E-state index in [-0.39, 0.29) is 46.4 Å². The fraction of sp³-hybridized carbons (Fsp3) is 0.370. The van der Waals surface area contributed by atoms with Gasteiger partial charge in [-0.25, -0.2) is 0 Å². The maximum Gasteiger partial charge on any atom is 0.279 e. The van der Waals surface area contributed by atoms with Crippen LogP contribution in [0.3, 0.4) is 0 Å². The zero-order valence-electron chi connectivity index (χ0n) is 20.1. The van der Waals surface area contributed by atoms with Gasteiger partial charge in [-0.2, -0.15) is 0 Å². The number of hydrogen-bond donors (Lipinski definition) is 4. The predicted molar refractivity (Wildman–Crippen MR) is 133 cm³/mol. The predicted octanol–water partition coefficient (Wildman–Crippen LogP) is 3.82. The van der Waals surface area contributed by atoms with Crippen molar-refractivity contribution in [3.05, 3.63) is 71.1 Å². The number of para-hydroxylation sites is 1. The number of phenols is 1. The molecule has 4 N–H and O–H groups in total. The third-order valence-corrected chi connectivity index (χ3v) is 6.75. The lowest BCUT2D eigenvalue weighted by molar-refractivity contribution is -0.141. The standard InChI is InChI=1S/C27H32N4O4/c1-3-20(17-11-6-4-7-12-17)29-22-23(27(35)31(26(22)34)18-13-8-5-9-14-18)30-21-16-10-15-19(24(21)32)25(33)28-2/h4,6-7,10-12,15-16,18,20,29-30,32H,3,5,8-9,13-14H2,1-2H3,(H,28,33)/t20-/m1/s1. The summed E-state index contributed by atoms with van der Waals surface area (Å²) in [4.78, 5) is 40.7. The zero-order valence-corrected chi connectivity index (χ0v) is 20.1. The Morgan fingerprint density at radius 2 is 1.69 bits per heavy atom. The molecule has 0 radical (unpaired) electrons. The van der Waals surface area contributed by atoms with Crippen LogP contribution < -0.4 is 16.0 Å². The summed E-state index contributed by atoms with van der Waals surface area (Å²) in [5.74, 6) is -1.52. The van der Waals surface area contributed by atoms with E-state index in [9.17, 15) is 19.5 Å². The number of nitrogens with zero attached hydrogens (tertiary/aromatic N) is 1. The number of aromatic hydroxyl groups is 1. The van der Waals surface area contributed by atoms with Gasteiger partial charge in [0.15, 0.2) is 5.75 Å². The number of hydrogen-bond acceptors (Lipinski definition) is 6. The van der Waals surface area contributed by atoms with Crippen molar-refractivity contribution in [1.82, 2.24) is 15.5 Å². The van der Waals surface area contributed by atoms with Crippen molar-refractivity contribution in [2.24, 2.45) is 0 Å². The summed E-state index contributed by atoms with van der Waals surface area (Å²) < 4.78 is 0. The first-order valence-corrected chi connectivity index (χ1v) is 12.2. The highest BCUT2D eigenvalue weighted by Crippen LogP contribution is 2.34. The SMILES string of the molecule is CC[C@@H](NC1=C(Nc2cccc(C(=O)NC)c2O)C(=O)N(C2CCCCC2)C1=O)c1ccccc1. The topological polar surface area (TPSA) is 111 Å². The Morgan fingerprint density at radius 1 is 1.00 bits per heavy atom. The van der Waals surface area contributed by atoms with Gasteiger partial charge >= 0.3 is 0 Å². The number of imide groups is 1. The van der Waals surface area contributed by atoms with Gasteiger partial charge in [-0.1, -0.05) is 62.6 Å². The average Bonchev–Trinajstić information content (AvgIpc) is 3.12. The highest BCUT2D eigenvalue weighted by molar-refractivity contribution is 6.20. The van der Waals surface area contributed by atoms with Crippen molar-refractivity contribution in [2.45, 2.75) is 57.5 Å². The molecule has 0 spiro atoms. The Bertz CT molecular complexity index is 1140. The molecular weight excluding hydrogens is 444 g/mol. The van der Waals surface area contributed by atoms with E-state index in [4.69, 9.17) is 0 Å². The van der Waals surface area contributed by atoms with E-state index in [1.54, 1.807) is 12.1 Å². The van der Waals surface area contributed by atoms with Crippen LogP contribution in [0.5, 0.6) is 5.75 Å². The van der Waals surface area contributed by atoms with Crippen LogP contribution in [-0.4, -0.2) is 40.8 Å². The van der Waals surface area contributed by atoms with E-state index in [1.165, 1.54) is 18.0 Å². The lowest BCUT2D eigenvalue weighted by atomic mass is 9.94. The molecule has 1 saturated carbocycles. The van der Waals surface area contributed by atoms with Crippen molar-refractivity contribution < 1.29 is 19.5 Å². The van der Waals surface area contributed by atoms with Crippen LogP contribution in [-0.2, 0) is 9.59 Å². The molecular formula is C27H32N4O4. The number of carbonyl (C=O) groups excluding carboxylic acids is 3. The minimum atomic E-state index is -0.453. The highest BCUT2D eigenvalue weighted by atomic mass is 16.3. The van der Waals surface area contributed by atoms with Crippen LogP contribution in [0.4, 0.5) is 5.69 Å². The summed E-state index contributed by atoms with van der Waals surface area (Å²) in [6.07, 6.45) is 5.32. The Kier molecular flexibility index (Phi) is 7.39. The van der Waals surface area contributed by atoms with Crippen molar-refractivity contribution in [3.63, 3.8) is 0 Å². The molecule has 2 aromatic rings. The van der Waals surface area contributed by atoms with Gasteiger partial charge in [-0.15, -0.1) is 0 Å². The monoisotopic (exact) mass is 476 g/mol. The first-order valence-electron chi connectivity index (χ1n) is 12.2. The van der Waals surface area contributed by atoms with Crippen molar-refractivity contribution in [3.8, 4) is 5.75 Å². The number of benzene rings is 2. The Morgan fingerprint density at radius 3 is 2.34 bits per heavy atom. The molecule has 35 heavy (non-hydrogen) atoms. The summed E-state index contributed by atoms with van der Waals surface area (Å²) >= 11 is 0. The molecule has 2 aromatic carbocycles. The van der Waals surface area contributed by atoms with Crippen LogP contribution >= 0.6 is 0 Å². The van der Waals surface area contributed by atoms with Crippen molar-refractivity contribution >= 4 is 23.4 Å².